The van der Waals surface area contributed by atoms with E-state index in [9.17, 15) is 9.59 Å². The SMILES string of the molecule is Cc1ncoc1C(=O)N1CC2(CC(CC(=O)N3CCCC3)CO2)C1. The zero-order chi connectivity index (χ0) is 16.7. The predicted molar refractivity (Wildman–Crippen MR) is 84.4 cm³/mol. The number of carbonyl (C=O) groups is 2. The normalized spacial score (nSPS) is 25.3. The van der Waals surface area contributed by atoms with Gasteiger partial charge in [0.2, 0.25) is 11.7 Å². The van der Waals surface area contributed by atoms with Crippen LogP contribution in [0.15, 0.2) is 10.8 Å². The van der Waals surface area contributed by atoms with E-state index in [-0.39, 0.29) is 23.3 Å². The fourth-order valence-electron chi connectivity index (χ4n) is 4.08. The number of hydrogen-bond acceptors (Lipinski definition) is 5. The molecule has 3 aliphatic heterocycles. The number of amides is 2. The van der Waals surface area contributed by atoms with E-state index in [1.807, 2.05) is 4.90 Å². The summed E-state index contributed by atoms with van der Waals surface area (Å²) in [5.41, 5.74) is 0.349. The van der Waals surface area contributed by atoms with E-state index in [0.29, 0.717) is 37.6 Å². The van der Waals surface area contributed by atoms with Crippen LogP contribution < -0.4 is 0 Å². The maximum Gasteiger partial charge on any atom is 0.291 e. The molecule has 3 aliphatic rings. The van der Waals surface area contributed by atoms with Crippen LogP contribution in [0.25, 0.3) is 0 Å². The van der Waals surface area contributed by atoms with Gasteiger partial charge in [-0.15, -0.1) is 0 Å². The summed E-state index contributed by atoms with van der Waals surface area (Å²) in [4.78, 5) is 32.3. The van der Waals surface area contributed by atoms with Gasteiger partial charge in [-0.1, -0.05) is 0 Å². The number of aromatic nitrogens is 1. The summed E-state index contributed by atoms with van der Waals surface area (Å²) in [6, 6.07) is 0. The molecule has 24 heavy (non-hydrogen) atoms. The number of aryl methyl sites for hydroxylation is 1. The Labute approximate surface area is 140 Å². The van der Waals surface area contributed by atoms with Gasteiger partial charge in [0, 0.05) is 19.5 Å². The van der Waals surface area contributed by atoms with Crippen LogP contribution in [0.5, 0.6) is 0 Å². The third kappa shape index (κ3) is 2.70. The molecule has 1 aromatic heterocycles. The van der Waals surface area contributed by atoms with E-state index in [4.69, 9.17) is 9.15 Å². The van der Waals surface area contributed by atoms with Crippen LogP contribution in [0.1, 0.15) is 41.9 Å². The third-order valence-corrected chi connectivity index (χ3v) is 5.39. The molecule has 130 valence electrons. The molecule has 3 saturated heterocycles. The molecule has 0 aliphatic carbocycles. The monoisotopic (exact) mass is 333 g/mol. The van der Waals surface area contributed by atoms with E-state index in [1.54, 1.807) is 11.8 Å². The first-order chi connectivity index (χ1) is 11.6. The van der Waals surface area contributed by atoms with E-state index in [2.05, 4.69) is 4.98 Å². The van der Waals surface area contributed by atoms with Gasteiger partial charge in [0.15, 0.2) is 6.39 Å². The highest BCUT2D eigenvalue weighted by Crippen LogP contribution is 2.40. The van der Waals surface area contributed by atoms with Crippen molar-refractivity contribution in [2.24, 2.45) is 5.92 Å². The van der Waals surface area contributed by atoms with Crippen LogP contribution in [0.2, 0.25) is 0 Å². The fraction of sp³-hybridized carbons (Fsp3) is 0.706. The first-order valence-corrected chi connectivity index (χ1v) is 8.67. The van der Waals surface area contributed by atoms with Crippen molar-refractivity contribution >= 4 is 11.8 Å². The first kappa shape index (κ1) is 15.6. The Kier molecular flexibility index (Phi) is 3.83. The van der Waals surface area contributed by atoms with Crippen molar-refractivity contribution in [1.29, 1.82) is 0 Å². The van der Waals surface area contributed by atoms with Crippen molar-refractivity contribution < 1.29 is 18.7 Å². The molecule has 3 fully saturated rings. The molecular weight excluding hydrogens is 310 g/mol. The number of rotatable bonds is 3. The quantitative estimate of drug-likeness (QED) is 0.831. The van der Waals surface area contributed by atoms with Gasteiger partial charge in [-0.05, 0) is 32.1 Å². The Bertz CT molecular complexity index is 644. The number of carbonyl (C=O) groups excluding carboxylic acids is 2. The minimum Gasteiger partial charge on any atom is -0.438 e. The van der Waals surface area contributed by atoms with Crippen molar-refractivity contribution in [3.05, 3.63) is 17.8 Å². The van der Waals surface area contributed by atoms with Crippen molar-refractivity contribution in [2.45, 2.75) is 38.2 Å². The molecule has 4 rings (SSSR count). The number of hydrogen-bond donors (Lipinski definition) is 0. The molecule has 0 radical (unpaired) electrons. The maximum atomic E-state index is 12.4. The van der Waals surface area contributed by atoms with Gasteiger partial charge >= 0.3 is 0 Å². The molecule has 0 aromatic carbocycles. The Balaban J connectivity index is 1.29. The molecule has 0 saturated carbocycles. The largest absolute Gasteiger partial charge is 0.438 e. The lowest BCUT2D eigenvalue weighted by Gasteiger charge is -2.46. The standard InChI is InChI=1S/C17H23N3O4/c1-12-15(23-11-18-12)16(22)20-9-17(10-20)7-13(8-24-17)6-14(21)19-4-2-3-5-19/h11,13H,2-10H2,1H3. The highest BCUT2D eigenvalue weighted by Gasteiger charge is 2.52. The van der Waals surface area contributed by atoms with Gasteiger partial charge in [-0.25, -0.2) is 4.98 Å². The second kappa shape index (κ2) is 5.88. The second-order valence-corrected chi connectivity index (χ2v) is 7.28. The maximum absolute atomic E-state index is 12.4. The van der Waals surface area contributed by atoms with Crippen molar-refractivity contribution in [2.75, 3.05) is 32.8 Å². The lowest BCUT2D eigenvalue weighted by Crippen LogP contribution is -2.63. The molecule has 2 amide bonds. The number of nitrogens with zero attached hydrogens (tertiary/aromatic N) is 3. The zero-order valence-electron chi connectivity index (χ0n) is 14.0. The van der Waals surface area contributed by atoms with Crippen molar-refractivity contribution in [1.82, 2.24) is 14.8 Å². The second-order valence-electron chi connectivity index (χ2n) is 7.28. The lowest BCUT2D eigenvalue weighted by molar-refractivity contribution is -0.131. The molecule has 0 N–H and O–H groups in total. The fourth-order valence-corrected chi connectivity index (χ4v) is 4.08. The van der Waals surface area contributed by atoms with Crippen LogP contribution in [-0.2, 0) is 9.53 Å². The predicted octanol–water partition coefficient (Wildman–Crippen LogP) is 1.23. The van der Waals surface area contributed by atoms with Crippen LogP contribution in [-0.4, -0.2) is 65.0 Å². The number of ether oxygens (including phenoxy) is 1. The summed E-state index contributed by atoms with van der Waals surface area (Å²) < 4.78 is 11.1. The van der Waals surface area contributed by atoms with Gasteiger partial charge in [-0.3, -0.25) is 9.59 Å². The Hall–Kier alpha value is -1.89. The summed E-state index contributed by atoms with van der Waals surface area (Å²) in [6.07, 6.45) is 4.96. The van der Waals surface area contributed by atoms with Crippen molar-refractivity contribution in [3.63, 3.8) is 0 Å². The Morgan fingerprint density at radius 1 is 1.29 bits per heavy atom. The first-order valence-electron chi connectivity index (χ1n) is 8.67. The smallest absolute Gasteiger partial charge is 0.291 e. The minimum absolute atomic E-state index is 0.129. The molecule has 4 heterocycles. The molecular formula is C17H23N3O4. The lowest BCUT2D eigenvalue weighted by atomic mass is 9.85. The van der Waals surface area contributed by atoms with E-state index in [1.165, 1.54) is 6.39 Å². The molecule has 1 unspecified atom stereocenters. The minimum atomic E-state index is -0.264. The molecule has 1 atom stereocenters. The molecule has 7 heteroatoms. The van der Waals surface area contributed by atoms with Crippen molar-refractivity contribution in [3.8, 4) is 0 Å². The Morgan fingerprint density at radius 2 is 2.04 bits per heavy atom. The average Bonchev–Trinajstić information content (AvgIpc) is 3.25. The van der Waals surface area contributed by atoms with Gasteiger partial charge in [0.1, 0.15) is 5.60 Å². The van der Waals surface area contributed by atoms with E-state index < -0.39 is 0 Å². The molecule has 1 aromatic rings. The summed E-state index contributed by atoms with van der Waals surface area (Å²) in [5.74, 6) is 0.699. The third-order valence-electron chi connectivity index (χ3n) is 5.39. The highest BCUT2D eigenvalue weighted by molar-refractivity contribution is 5.93. The van der Waals surface area contributed by atoms with Gasteiger partial charge in [-0.2, -0.15) is 0 Å². The average molecular weight is 333 g/mol. The molecule has 1 spiro atoms. The topological polar surface area (TPSA) is 75.9 Å². The molecule has 0 bridgehead atoms. The number of likely N-dealkylation sites (tertiary alicyclic amines) is 2. The molecule has 7 nitrogen and oxygen atoms in total. The Morgan fingerprint density at radius 3 is 2.71 bits per heavy atom. The zero-order valence-corrected chi connectivity index (χ0v) is 14.0. The van der Waals surface area contributed by atoms with Crippen LogP contribution in [0.3, 0.4) is 0 Å². The summed E-state index contributed by atoms with van der Waals surface area (Å²) in [7, 11) is 0. The van der Waals surface area contributed by atoms with Crippen LogP contribution in [0.4, 0.5) is 0 Å². The van der Waals surface area contributed by atoms with Gasteiger partial charge in [0.25, 0.3) is 5.91 Å². The number of oxazole rings is 1. The summed E-state index contributed by atoms with van der Waals surface area (Å²) in [6.45, 7) is 5.31. The van der Waals surface area contributed by atoms with Gasteiger partial charge < -0.3 is 19.0 Å². The van der Waals surface area contributed by atoms with E-state index >= 15 is 0 Å². The van der Waals surface area contributed by atoms with Gasteiger partial charge in [0.05, 0.1) is 25.4 Å². The van der Waals surface area contributed by atoms with Crippen LogP contribution in [0, 0.1) is 12.8 Å². The summed E-state index contributed by atoms with van der Waals surface area (Å²) in [5, 5.41) is 0. The summed E-state index contributed by atoms with van der Waals surface area (Å²) >= 11 is 0. The highest BCUT2D eigenvalue weighted by atomic mass is 16.5. The van der Waals surface area contributed by atoms with Crippen LogP contribution >= 0.6 is 0 Å². The van der Waals surface area contributed by atoms with E-state index in [0.717, 1.165) is 32.4 Å².